The zero-order valence-electron chi connectivity index (χ0n) is 10.7. The molecule has 1 spiro atoms. The molecule has 102 valence electrons. The molecule has 2 fully saturated rings. The van der Waals surface area contributed by atoms with Crippen LogP contribution >= 0.6 is 11.6 Å². The fourth-order valence-electron chi connectivity index (χ4n) is 3.43. The molecule has 1 aliphatic carbocycles. The van der Waals surface area contributed by atoms with Crippen LogP contribution in [0, 0.1) is 5.41 Å². The number of nitrogens with zero attached hydrogens (tertiary/aromatic N) is 3. The van der Waals surface area contributed by atoms with Gasteiger partial charge < -0.3 is 10.6 Å². The summed E-state index contributed by atoms with van der Waals surface area (Å²) < 4.78 is 0. The van der Waals surface area contributed by atoms with Crippen molar-refractivity contribution < 1.29 is 4.79 Å². The largest absolute Gasteiger partial charge is 0.365 e. The van der Waals surface area contributed by atoms with E-state index in [0.29, 0.717) is 16.8 Å². The fraction of sp³-hybridized carbons (Fsp3) is 0.615. The zero-order valence-corrected chi connectivity index (χ0v) is 11.5. The first-order valence-corrected chi connectivity index (χ1v) is 7.05. The molecule has 5 nitrogen and oxygen atoms in total. The van der Waals surface area contributed by atoms with Gasteiger partial charge in [-0.15, -0.1) is 10.2 Å². The lowest BCUT2D eigenvalue weighted by Crippen LogP contribution is -2.28. The first-order valence-electron chi connectivity index (χ1n) is 6.68. The number of amides is 1. The van der Waals surface area contributed by atoms with Gasteiger partial charge in [-0.05, 0) is 30.7 Å². The first-order chi connectivity index (χ1) is 9.10. The number of carbonyl (C=O) groups excluding carboxylic acids is 1. The molecule has 0 atom stereocenters. The van der Waals surface area contributed by atoms with Gasteiger partial charge in [0.25, 0.3) is 5.91 Å². The van der Waals surface area contributed by atoms with Crippen LogP contribution in [0.5, 0.6) is 0 Å². The number of primary amides is 1. The molecule has 2 heterocycles. The predicted octanol–water partition coefficient (Wildman–Crippen LogP) is 2.00. The summed E-state index contributed by atoms with van der Waals surface area (Å²) in [6, 6.07) is 1.51. The summed E-state index contributed by atoms with van der Waals surface area (Å²) in [5.74, 6) is 0.0832. The second-order valence-electron chi connectivity index (χ2n) is 5.65. The SMILES string of the molecule is NC(=O)c1cc(Cl)nnc1N1CCC2(CCCC2)C1. The molecule has 19 heavy (non-hydrogen) atoms. The average molecular weight is 281 g/mol. The molecule has 0 radical (unpaired) electrons. The van der Waals surface area contributed by atoms with Crippen molar-refractivity contribution in [2.75, 3.05) is 18.0 Å². The molecule has 2 N–H and O–H groups in total. The summed E-state index contributed by atoms with van der Waals surface area (Å²) in [5, 5.41) is 8.13. The van der Waals surface area contributed by atoms with E-state index in [1.165, 1.54) is 31.7 Å². The zero-order chi connectivity index (χ0) is 13.5. The van der Waals surface area contributed by atoms with Crippen LogP contribution in [0.4, 0.5) is 5.82 Å². The van der Waals surface area contributed by atoms with Gasteiger partial charge in [0.05, 0.1) is 5.56 Å². The Hall–Kier alpha value is -1.36. The molecule has 1 aromatic heterocycles. The van der Waals surface area contributed by atoms with Crippen molar-refractivity contribution in [1.82, 2.24) is 10.2 Å². The van der Waals surface area contributed by atoms with E-state index in [9.17, 15) is 4.79 Å². The maximum absolute atomic E-state index is 11.5. The molecular formula is C13H17ClN4O. The fourth-order valence-corrected chi connectivity index (χ4v) is 3.57. The van der Waals surface area contributed by atoms with Crippen LogP contribution in [0.1, 0.15) is 42.5 Å². The Balaban J connectivity index is 1.89. The van der Waals surface area contributed by atoms with Gasteiger partial charge in [-0.3, -0.25) is 4.79 Å². The molecule has 1 aromatic rings. The molecule has 6 heteroatoms. The number of aromatic nitrogens is 2. The maximum atomic E-state index is 11.5. The van der Waals surface area contributed by atoms with Crippen molar-refractivity contribution in [3.05, 3.63) is 16.8 Å². The summed E-state index contributed by atoms with van der Waals surface area (Å²) >= 11 is 5.79. The van der Waals surface area contributed by atoms with Crippen molar-refractivity contribution in [3.8, 4) is 0 Å². The second kappa shape index (κ2) is 4.63. The van der Waals surface area contributed by atoms with Gasteiger partial charge in [0, 0.05) is 13.1 Å². The Bertz CT molecular complexity index is 513. The Morgan fingerprint density at radius 2 is 2.05 bits per heavy atom. The molecule has 0 aromatic carbocycles. The molecule has 1 saturated carbocycles. The smallest absolute Gasteiger partial charge is 0.252 e. The van der Waals surface area contributed by atoms with Crippen LogP contribution in [0.15, 0.2) is 6.07 Å². The van der Waals surface area contributed by atoms with E-state index < -0.39 is 5.91 Å². The minimum absolute atomic E-state index is 0.201. The third kappa shape index (κ3) is 2.27. The van der Waals surface area contributed by atoms with Crippen molar-refractivity contribution in [1.29, 1.82) is 0 Å². The normalized spacial score (nSPS) is 21.2. The number of hydrogen-bond donors (Lipinski definition) is 1. The highest BCUT2D eigenvalue weighted by Gasteiger charge is 2.41. The van der Waals surface area contributed by atoms with Gasteiger partial charge in [0.15, 0.2) is 11.0 Å². The lowest BCUT2D eigenvalue weighted by atomic mass is 9.86. The van der Waals surface area contributed by atoms with E-state index in [4.69, 9.17) is 17.3 Å². The molecule has 2 aliphatic rings. The highest BCUT2D eigenvalue weighted by molar-refractivity contribution is 6.29. The van der Waals surface area contributed by atoms with Gasteiger partial charge in [-0.25, -0.2) is 0 Å². The Labute approximate surface area is 117 Å². The van der Waals surface area contributed by atoms with Crippen LogP contribution in [-0.2, 0) is 0 Å². The monoisotopic (exact) mass is 280 g/mol. The van der Waals surface area contributed by atoms with E-state index in [-0.39, 0.29) is 5.15 Å². The van der Waals surface area contributed by atoms with Gasteiger partial charge in [0.2, 0.25) is 0 Å². The molecular weight excluding hydrogens is 264 g/mol. The van der Waals surface area contributed by atoms with Gasteiger partial charge in [-0.1, -0.05) is 24.4 Å². The van der Waals surface area contributed by atoms with E-state index in [1.807, 2.05) is 0 Å². The van der Waals surface area contributed by atoms with Crippen LogP contribution in [0.25, 0.3) is 0 Å². The number of hydrogen-bond acceptors (Lipinski definition) is 4. The van der Waals surface area contributed by atoms with Gasteiger partial charge in [0.1, 0.15) is 0 Å². The van der Waals surface area contributed by atoms with E-state index in [0.717, 1.165) is 19.5 Å². The standard InChI is InChI=1S/C13H17ClN4O/c14-10-7-9(11(15)19)12(17-16-10)18-6-5-13(8-18)3-1-2-4-13/h7H,1-6,8H2,(H2,15,19). The molecule has 1 saturated heterocycles. The Morgan fingerprint density at radius 3 is 2.74 bits per heavy atom. The summed E-state index contributed by atoms with van der Waals surface area (Å²) in [7, 11) is 0. The van der Waals surface area contributed by atoms with Crippen molar-refractivity contribution in [2.24, 2.45) is 11.1 Å². The van der Waals surface area contributed by atoms with Gasteiger partial charge >= 0.3 is 0 Å². The number of nitrogens with two attached hydrogens (primary N) is 1. The number of carbonyl (C=O) groups is 1. The van der Waals surface area contributed by atoms with Gasteiger partial charge in [-0.2, -0.15) is 0 Å². The molecule has 3 rings (SSSR count). The van der Waals surface area contributed by atoms with E-state index in [2.05, 4.69) is 15.1 Å². The van der Waals surface area contributed by atoms with E-state index in [1.54, 1.807) is 0 Å². The highest BCUT2D eigenvalue weighted by Crippen LogP contribution is 2.46. The lowest BCUT2D eigenvalue weighted by Gasteiger charge is -2.24. The average Bonchev–Trinajstić information content (AvgIpc) is 3.00. The first kappa shape index (κ1) is 12.7. The van der Waals surface area contributed by atoms with Crippen molar-refractivity contribution >= 4 is 23.3 Å². The van der Waals surface area contributed by atoms with Crippen LogP contribution in [0.2, 0.25) is 5.15 Å². The Morgan fingerprint density at radius 1 is 1.32 bits per heavy atom. The summed E-state index contributed by atoms with van der Waals surface area (Å²) in [6.45, 7) is 1.86. The predicted molar refractivity (Wildman–Crippen MR) is 73.3 cm³/mol. The number of rotatable bonds is 2. The third-order valence-corrected chi connectivity index (χ3v) is 4.60. The van der Waals surface area contributed by atoms with Crippen LogP contribution in [-0.4, -0.2) is 29.2 Å². The second-order valence-corrected chi connectivity index (χ2v) is 6.03. The van der Waals surface area contributed by atoms with Crippen LogP contribution < -0.4 is 10.6 Å². The van der Waals surface area contributed by atoms with Crippen molar-refractivity contribution in [3.63, 3.8) is 0 Å². The third-order valence-electron chi connectivity index (χ3n) is 4.41. The molecule has 0 bridgehead atoms. The summed E-state index contributed by atoms with van der Waals surface area (Å²) in [6.07, 6.45) is 6.33. The highest BCUT2D eigenvalue weighted by atomic mass is 35.5. The van der Waals surface area contributed by atoms with Crippen LogP contribution in [0.3, 0.4) is 0 Å². The minimum Gasteiger partial charge on any atom is -0.365 e. The maximum Gasteiger partial charge on any atom is 0.252 e. The number of halogens is 1. The molecule has 1 amide bonds. The van der Waals surface area contributed by atoms with E-state index >= 15 is 0 Å². The summed E-state index contributed by atoms with van der Waals surface area (Å²) in [5.41, 5.74) is 6.19. The topological polar surface area (TPSA) is 72.1 Å². The molecule has 0 unspecified atom stereocenters. The Kier molecular flexibility index (Phi) is 3.09. The van der Waals surface area contributed by atoms with Crippen molar-refractivity contribution in [2.45, 2.75) is 32.1 Å². The number of anilines is 1. The summed E-state index contributed by atoms with van der Waals surface area (Å²) in [4.78, 5) is 13.6. The quantitative estimate of drug-likeness (QED) is 0.899. The lowest BCUT2D eigenvalue weighted by molar-refractivity contribution is 0.1000. The minimum atomic E-state index is -0.501. The molecule has 1 aliphatic heterocycles.